The quantitative estimate of drug-likeness (QED) is 0.143. The fourth-order valence-corrected chi connectivity index (χ4v) is 11.8. The van der Waals surface area contributed by atoms with Gasteiger partial charge in [0.05, 0.1) is 9.40 Å². The van der Waals surface area contributed by atoms with Crippen LogP contribution in [0.25, 0.3) is 119 Å². The molecule has 0 N–H and O–H groups in total. The van der Waals surface area contributed by atoms with Crippen LogP contribution < -0.4 is 0 Å². The highest BCUT2D eigenvalue weighted by Crippen LogP contribution is 2.46. The maximum absolute atomic E-state index is 2.38. The van der Waals surface area contributed by atoms with Crippen molar-refractivity contribution in [3.05, 3.63) is 243 Å². The van der Waals surface area contributed by atoms with E-state index in [-0.39, 0.29) is 0 Å². The Labute approximate surface area is 381 Å². The van der Waals surface area contributed by atoms with Gasteiger partial charge < -0.3 is 0 Å². The number of fused-ring (bicyclic) bond motifs is 5. The molecule has 0 aliphatic heterocycles. The largest absolute Gasteiger partial charge is 0.134 e. The monoisotopic (exact) mass is 848 g/mol. The molecule has 0 fully saturated rings. The van der Waals surface area contributed by atoms with E-state index in [4.69, 9.17) is 0 Å². The van der Waals surface area contributed by atoms with Gasteiger partial charge in [-0.25, -0.2) is 0 Å². The third-order valence-corrected chi connectivity index (χ3v) is 15.0. The molecule has 0 amide bonds. The number of hydrogen-bond donors (Lipinski definition) is 0. The van der Waals surface area contributed by atoms with Crippen molar-refractivity contribution in [3.8, 4) is 89.0 Å². The fraction of sp³-hybridized carbons (Fsp3) is 0. The maximum atomic E-state index is 2.38. The van der Waals surface area contributed by atoms with Gasteiger partial charge in [-0.05, 0) is 138 Å². The minimum Gasteiger partial charge on any atom is -0.134 e. The Balaban J connectivity index is 0.824. The van der Waals surface area contributed by atoms with Crippen LogP contribution in [-0.4, -0.2) is 0 Å². The Bertz CT molecular complexity index is 3240. The molecule has 10 aromatic carbocycles. The number of rotatable bonds is 8. The Morgan fingerprint density at radius 2 is 0.391 bits per heavy atom. The second-order valence-corrected chi connectivity index (χ2v) is 18.6. The maximum Gasteiger partial charge on any atom is 0.0542 e. The van der Waals surface area contributed by atoms with Gasteiger partial charge >= 0.3 is 0 Å². The van der Waals surface area contributed by atoms with E-state index in [1.165, 1.54) is 119 Å². The molecular weight excluding hydrogens is 809 g/mol. The zero-order chi connectivity index (χ0) is 42.4. The van der Waals surface area contributed by atoms with Gasteiger partial charge in [-0.15, -0.1) is 22.7 Å². The Hall–Kier alpha value is -7.62. The molecular formula is C62H40S2. The van der Waals surface area contributed by atoms with Gasteiger partial charge in [0.15, 0.2) is 0 Å². The van der Waals surface area contributed by atoms with Crippen LogP contribution in [0.2, 0.25) is 0 Å². The van der Waals surface area contributed by atoms with Gasteiger partial charge in [0.1, 0.15) is 0 Å². The highest BCUT2D eigenvalue weighted by molar-refractivity contribution is 7.36. The van der Waals surface area contributed by atoms with Gasteiger partial charge in [0, 0.05) is 20.2 Å². The molecule has 2 aromatic heterocycles. The van der Waals surface area contributed by atoms with Crippen molar-refractivity contribution in [1.29, 1.82) is 0 Å². The first-order valence-electron chi connectivity index (χ1n) is 21.8. The molecule has 0 saturated heterocycles. The third-order valence-electron chi connectivity index (χ3n) is 12.5. The van der Waals surface area contributed by atoms with Crippen molar-refractivity contribution >= 4 is 52.2 Å². The average molecular weight is 849 g/mol. The lowest BCUT2D eigenvalue weighted by molar-refractivity contribution is 1.56. The highest BCUT2D eigenvalue weighted by Gasteiger charge is 2.15. The van der Waals surface area contributed by atoms with Crippen molar-refractivity contribution < 1.29 is 0 Å². The van der Waals surface area contributed by atoms with Crippen molar-refractivity contribution in [2.45, 2.75) is 0 Å². The van der Waals surface area contributed by atoms with Gasteiger partial charge in [0.2, 0.25) is 0 Å². The van der Waals surface area contributed by atoms with E-state index in [9.17, 15) is 0 Å². The summed E-state index contributed by atoms with van der Waals surface area (Å²) in [6.07, 6.45) is 0. The molecule has 0 aliphatic rings. The van der Waals surface area contributed by atoms with Crippen LogP contribution in [0.1, 0.15) is 0 Å². The first kappa shape index (κ1) is 38.1. The summed E-state index contributed by atoms with van der Waals surface area (Å²) in [5.74, 6) is 0. The van der Waals surface area contributed by atoms with Crippen molar-refractivity contribution in [3.63, 3.8) is 0 Å². The SMILES string of the molecule is c1ccc(-c2cc(-c3ccccc3)cc(-c3ccc(-c4ccc5c(c4)sc4c6ccc(-c7ccc(-c8cc(-c9ccccc9)cc(-c9ccccc9)c8)cc7)cc6sc54)cc3)c2)cc1. The van der Waals surface area contributed by atoms with E-state index in [0.29, 0.717) is 0 Å². The smallest absolute Gasteiger partial charge is 0.0542 e. The number of hydrogen-bond acceptors (Lipinski definition) is 2. The van der Waals surface area contributed by atoms with Crippen molar-refractivity contribution in [2.75, 3.05) is 0 Å². The van der Waals surface area contributed by atoms with Gasteiger partial charge in [0.25, 0.3) is 0 Å². The number of benzene rings is 10. The normalized spacial score (nSPS) is 11.4. The summed E-state index contributed by atoms with van der Waals surface area (Å²) in [4.78, 5) is 0. The molecule has 0 saturated carbocycles. The van der Waals surface area contributed by atoms with Crippen LogP contribution in [0.5, 0.6) is 0 Å². The van der Waals surface area contributed by atoms with Crippen LogP contribution in [0.15, 0.2) is 243 Å². The van der Waals surface area contributed by atoms with E-state index in [1.807, 2.05) is 22.7 Å². The van der Waals surface area contributed by atoms with Crippen molar-refractivity contribution in [1.82, 2.24) is 0 Å². The lowest BCUT2D eigenvalue weighted by atomic mass is 9.92. The van der Waals surface area contributed by atoms with E-state index in [1.54, 1.807) is 0 Å². The van der Waals surface area contributed by atoms with E-state index >= 15 is 0 Å². The molecule has 0 bridgehead atoms. The molecule has 2 heteroatoms. The number of thiophene rings is 2. The zero-order valence-corrected chi connectivity index (χ0v) is 36.5. The van der Waals surface area contributed by atoms with Crippen LogP contribution in [0.3, 0.4) is 0 Å². The summed E-state index contributed by atoms with van der Waals surface area (Å²) in [5.41, 5.74) is 19.6. The van der Waals surface area contributed by atoms with E-state index < -0.39 is 0 Å². The molecule has 0 spiro atoms. The van der Waals surface area contributed by atoms with Crippen LogP contribution in [0, 0.1) is 0 Å². The minimum absolute atomic E-state index is 1.21. The van der Waals surface area contributed by atoms with Gasteiger partial charge in [-0.1, -0.05) is 194 Å². The van der Waals surface area contributed by atoms with Crippen LogP contribution in [-0.2, 0) is 0 Å². The van der Waals surface area contributed by atoms with Crippen LogP contribution in [0.4, 0.5) is 0 Å². The summed E-state index contributed by atoms with van der Waals surface area (Å²) in [5, 5.41) is 2.68. The molecule has 0 unspecified atom stereocenters. The predicted octanol–water partition coefficient (Wildman–Crippen LogP) is 18.6. The van der Waals surface area contributed by atoms with Crippen molar-refractivity contribution in [2.24, 2.45) is 0 Å². The molecule has 2 heterocycles. The molecule has 12 rings (SSSR count). The first-order valence-corrected chi connectivity index (χ1v) is 23.4. The minimum atomic E-state index is 1.21. The predicted molar refractivity (Wildman–Crippen MR) is 278 cm³/mol. The molecule has 64 heavy (non-hydrogen) atoms. The van der Waals surface area contributed by atoms with E-state index in [2.05, 4.69) is 243 Å². The first-order chi connectivity index (χ1) is 31.7. The molecule has 0 aliphatic carbocycles. The molecule has 0 radical (unpaired) electrons. The second kappa shape index (κ2) is 16.3. The molecule has 0 atom stereocenters. The average Bonchev–Trinajstić information content (AvgIpc) is 3.92. The van der Waals surface area contributed by atoms with E-state index in [0.717, 1.165) is 0 Å². The lowest BCUT2D eigenvalue weighted by Gasteiger charge is -2.12. The molecule has 0 nitrogen and oxygen atoms in total. The third kappa shape index (κ3) is 7.23. The standard InChI is InChI=1S/C62H40S2/c1-5-13-41(14-6-1)51-33-52(42-15-7-2-8-16-42)36-55(35-51)47-25-21-45(22-26-47)49-29-31-57-59(39-49)63-62-58-32-30-50(40-60(58)64-61(57)62)46-23-27-48(28-24-46)56-37-53(43-17-9-3-10-18-43)34-54(38-56)44-19-11-4-12-20-44/h1-40H. The summed E-state index contributed by atoms with van der Waals surface area (Å²) in [6, 6.07) is 88.8. The topological polar surface area (TPSA) is 0 Å². The van der Waals surface area contributed by atoms with Crippen LogP contribution >= 0.6 is 22.7 Å². The molecule has 12 aromatic rings. The van der Waals surface area contributed by atoms with Gasteiger partial charge in [-0.2, -0.15) is 0 Å². The van der Waals surface area contributed by atoms with Gasteiger partial charge in [-0.3, -0.25) is 0 Å². The molecule has 300 valence electrons. The summed E-state index contributed by atoms with van der Waals surface area (Å²) in [6.45, 7) is 0. The Morgan fingerprint density at radius 3 is 0.656 bits per heavy atom. The Morgan fingerprint density at radius 1 is 0.172 bits per heavy atom. The zero-order valence-electron chi connectivity index (χ0n) is 34.9. The fourth-order valence-electron chi connectivity index (χ4n) is 9.10. The Kier molecular flexibility index (Phi) is 9.67. The highest BCUT2D eigenvalue weighted by atomic mass is 32.1. The second-order valence-electron chi connectivity index (χ2n) is 16.5. The lowest BCUT2D eigenvalue weighted by Crippen LogP contribution is -1.86. The summed E-state index contributed by atoms with van der Waals surface area (Å²) < 4.78 is 5.42. The summed E-state index contributed by atoms with van der Waals surface area (Å²) >= 11 is 3.83. The summed E-state index contributed by atoms with van der Waals surface area (Å²) in [7, 11) is 0.